The minimum Gasteiger partial charge on any atom is -0.369 e. The Morgan fingerprint density at radius 2 is 1.91 bits per heavy atom. The number of nitrogens with zero attached hydrogens (tertiary/aromatic N) is 3. The molecule has 2 N–H and O–H groups in total. The van der Waals surface area contributed by atoms with Crippen LogP contribution in [0.2, 0.25) is 0 Å². The number of hydrogen-bond acceptors (Lipinski definition) is 5. The molecule has 1 fully saturated rings. The highest BCUT2D eigenvalue weighted by Gasteiger charge is 2.16. The van der Waals surface area contributed by atoms with Crippen LogP contribution in [0.15, 0.2) is 24.4 Å². The Kier molecular flexibility index (Phi) is 5.05. The van der Waals surface area contributed by atoms with Crippen LogP contribution in [0, 0.1) is 19.8 Å². The van der Waals surface area contributed by atoms with Crippen LogP contribution in [0.1, 0.15) is 42.6 Å². The molecule has 5 nitrogen and oxygen atoms in total. The maximum Gasteiger partial charge on any atom is 0.225 e. The lowest BCUT2D eigenvalue weighted by Gasteiger charge is -2.15. The van der Waals surface area contributed by atoms with Crippen LogP contribution >= 0.6 is 0 Å². The summed E-state index contributed by atoms with van der Waals surface area (Å²) in [5.41, 5.74) is 3.12. The topological polar surface area (TPSA) is 62.7 Å². The van der Waals surface area contributed by atoms with Crippen molar-refractivity contribution in [3.8, 4) is 0 Å². The molecule has 0 spiro atoms. The van der Waals surface area contributed by atoms with Crippen molar-refractivity contribution >= 4 is 11.8 Å². The molecule has 5 heteroatoms. The Balaban J connectivity index is 1.65. The normalized spacial score (nSPS) is 14.9. The van der Waals surface area contributed by atoms with Gasteiger partial charge < -0.3 is 10.6 Å². The van der Waals surface area contributed by atoms with Crippen LogP contribution in [0.5, 0.6) is 0 Å². The van der Waals surface area contributed by atoms with Crippen molar-refractivity contribution in [2.45, 2.75) is 46.1 Å². The fraction of sp³-hybridized carbons (Fsp3) is 0.500. The first-order valence-electron chi connectivity index (χ1n) is 8.45. The second-order valence-electron chi connectivity index (χ2n) is 6.31. The Morgan fingerprint density at radius 1 is 1.09 bits per heavy atom. The zero-order chi connectivity index (χ0) is 16.1. The molecule has 0 saturated heterocycles. The van der Waals surface area contributed by atoms with E-state index in [9.17, 15) is 0 Å². The molecule has 2 aromatic heterocycles. The van der Waals surface area contributed by atoms with Gasteiger partial charge in [0.2, 0.25) is 5.95 Å². The summed E-state index contributed by atoms with van der Waals surface area (Å²) in [5, 5.41) is 6.80. The Hall–Kier alpha value is -2.17. The van der Waals surface area contributed by atoms with Crippen LogP contribution < -0.4 is 10.6 Å². The monoisotopic (exact) mass is 311 g/mol. The summed E-state index contributed by atoms with van der Waals surface area (Å²) < 4.78 is 0. The first kappa shape index (κ1) is 15.7. The highest BCUT2D eigenvalue weighted by atomic mass is 15.1. The molecular formula is C18H25N5. The number of rotatable bonds is 6. The quantitative estimate of drug-likeness (QED) is 0.851. The van der Waals surface area contributed by atoms with E-state index in [0.717, 1.165) is 35.2 Å². The molecule has 0 unspecified atom stereocenters. The van der Waals surface area contributed by atoms with Crippen molar-refractivity contribution in [1.29, 1.82) is 0 Å². The van der Waals surface area contributed by atoms with Gasteiger partial charge in [0.25, 0.3) is 0 Å². The SMILES string of the molecule is Cc1nc(NCc2ccccn2)nc(NCC2CCCC2)c1C. The van der Waals surface area contributed by atoms with Gasteiger partial charge in [0.1, 0.15) is 5.82 Å². The molecule has 0 aromatic carbocycles. The fourth-order valence-electron chi connectivity index (χ4n) is 3.01. The number of aromatic nitrogens is 3. The van der Waals surface area contributed by atoms with E-state index in [2.05, 4.69) is 32.5 Å². The maximum absolute atomic E-state index is 4.65. The molecule has 2 aromatic rings. The molecule has 122 valence electrons. The van der Waals surface area contributed by atoms with E-state index >= 15 is 0 Å². The van der Waals surface area contributed by atoms with Crippen molar-refractivity contribution in [3.63, 3.8) is 0 Å². The summed E-state index contributed by atoms with van der Waals surface area (Å²) in [6, 6.07) is 5.90. The minimum absolute atomic E-state index is 0.630. The lowest BCUT2D eigenvalue weighted by atomic mass is 10.1. The minimum atomic E-state index is 0.630. The first-order valence-corrected chi connectivity index (χ1v) is 8.45. The van der Waals surface area contributed by atoms with Gasteiger partial charge in [0.05, 0.1) is 12.2 Å². The van der Waals surface area contributed by atoms with Crippen LogP contribution in [-0.4, -0.2) is 21.5 Å². The van der Waals surface area contributed by atoms with Gasteiger partial charge in [-0.1, -0.05) is 18.9 Å². The third-order valence-corrected chi connectivity index (χ3v) is 4.58. The number of nitrogens with one attached hydrogen (secondary N) is 2. The molecular weight excluding hydrogens is 286 g/mol. The molecule has 0 radical (unpaired) electrons. The Labute approximate surface area is 138 Å². The predicted octanol–water partition coefficient (Wildman–Crippen LogP) is 3.70. The average molecular weight is 311 g/mol. The number of hydrogen-bond donors (Lipinski definition) is 2. The molecule has 1 aliphatic rings. The lowest BCUT2D eigenvalue weighted by molar-refractivity contribution is 0.578. The zero-order valence-electron chi connectivity index (χ0n) is 14.0. The summed E-state index contributed by atoms with van der Waals surface area (Å²) >= 11 is 0. The van der Waals surface area contributed by atoms with Crippen LogP contribution in [0.4, 0.5) is 11.8 Å². The van der Waals surface area contributed by atoms with Crippen molar-refractivity contribution in [2.24, 2.45) is 5.92 Å². The van der Waals surface area contributed by atoms with Gasteiger partial charge in [0, 0.05) is 24.0 Å². The summed E-state index contributed by atoms with van der Waals surface area (Å²) in [7, 11) is 0. The molecule has 1 aliphatic carbocycles. The average Bonchev–Trinajstić information content (AvgIpc) is 3.09. The van der Waals surface area contributed by atoms with Crippen molar-refractivity contribution < 1.29 is 0 Å². The second kappa shape index (κ2) is 7.40. The molecule has 2 heterocycles. The Morgan fingerprint density at radius 3 is 2.65 bits per heavy atom. The third-order valence-electron chi connectivity index (χ3n) is 4.58. The zero-order valence-corrected chi connectivity index (χ0v) is 14.0. The van der Waals surface area contributed by atoms with Gasteiger partial charge in [0.15, 0.2) is 0 Å². The van der Waals surface area contributed by atoms with Gasteiger partial charge in [-0.3, -0.25) is 4.98 Å². The van der Waals surface area contributed by atoms with Gasteiger partial charge >= 0.3 is 0 Å². The van der Waals surface area contributed by atoms with Crippen molar-refractivity contribution in [2.75, 3.05) is 17.2 Å². The van der Waals surface area contributed by atoms with Crippen LogP contribution in [0.25, 0.3) is 0 Å². The van der Waals surface area contributed by atoms with E-state index in [4.69, 9.17) is 0 Å². The van der Waals surface area contributed by atoms with Gasteiger partial charge in [-0.2, -0.15) is 4.98 Å². The van der Waals surface area contributed by atoms with Crippen molar-refractivity contribution in [1.82, 2.24) is 15.0 Å². The molecule has 0 bridgehead atoms. The maximum atomic E-state index is 4.65. The number of anilines is 2. The number of aryl methyl sites for hydroxylation is 1. The summed E-state index contributed by atoms with van der Waals surface area (Å²) in [5.74, 6) is 2.40. The molecule has 0 amide bonds. The highest BCUT2D eigenvalue weighted by molar-refractivity contribution is 5.49. The summed E-state index contributed by atoms with van der Waals surface area (Å²) in [4.78, 5) is 13.5. The highest BCUT2D eigenvalue weighted by Crippen LogP contribution is 2.25. The smallest absolute Gasteiger partial charge is 0.225 e. The molecule has 1 saturated carbocycles. The first-order chi connectivity index (χ1) is 11.2. The molecule has 23 heavy (non-hydrogen) atoms. The third kappa shape index (κ3) is 4.18. The number of pyridine rings is 1. The summed E-state index contributed by atoms with van der Waals surface area (Å²) in [6.45, 7) is 5.75. The lowest BCUT2D eigenvalue weighted by Crippen LogP contribution is -2.15. The van der Waals surface area contributed by atoms with Crippen molar-refractivity contribution in [3.05, 3.63) is 41.3 Å². The van der Waals surface area contributed by atoms with Crippen LogP contribution in [0.3, 0.4) is 0 Å². The standard InChI is InChI=1S/C18H25N5/c1-13-14(2)22-18(21-12-16-9-5-6-10-19-16)23-17(13)20-11-15-7-3-4-8-15/h5-6,9-10,15H,3-4,7-8,11-12H2,1-2H3,(H2,20,21,22,23). The van der Waals surface area contributed by atoms with E-state index in [1.165, 1.54) is 25.7 Å². The van der Waals surface area contributed by atoms with Gasteiger partial charge in [-0.05, 0) is 44.7 Å². The van der Waals surface area contributed by atoms with E-state index in [0.29, 0.717) is 12.5 Å². The van der Waals surface area contributed by atoms with Gasteiger partial charge in [-0.25, -0.2) is 4.98 Å². The molecule has 0 atom stereocenters. The van der Waals surface area contributed by atoms with E-state index < -0.39 is 0 Å². The molecule has 0 aliphatic heterocycles. The molecule has 3 rings (SSSR count). The Bertz CT molecular complexity index is 635. The second-order valence-corrected chi connectivity index (χ2v) is 6.31. The van der Waals surface area contributed by atoms with E-state index in [1.54, 1.807) is 6.20 Å². The predicted molar refractivity (Wildman–Crippen MR) is 93.5 cm³/mol. The fourth-order valence-corrected chi connectivity index (χ4v) is 3.01. The largest absolute Gasteiger partial charge is 0.369 e. The van der Waals surface area contributed by atoms with E-state index in [-0.39, 0.29) is 0 Å². The summed E-state index contributed by atoms with van der Waals surface area (Å²) in [6.07, 6.45) is 7.20. The van der Waals surface area contributed by atoms with Crippen LogP contribution in [-0.2, 0) is 6.54 Å². The van der Waals surface area contributed by atoms with Gasteiger partial charge in [-0.15, -0.1) is 0 Å². The van der Waals surface area contributed by atoms with E-state index in [1.807, 2.05) is 25.1 Å².